The van der Waals surface area contributed by atoms with Crippen molar-refractivity contribution in [1.29, 1.82) is 0 Å². The van der Waals surface area contributed by atoms with Crippen LogP contribution in [0.3, 0.4) is 0 Å². The Bertz CT molecular complexity index is 671. The molecule has 1 atom stereocenters. The van der Waals surface area contributed by atoms with Gasteiger partial charge in [-0.1, -0.05) is 12.1 Å². The number of alkyl carbamates (subject to hydrolysis) is 2. The smallest absolute Gasteiger partial charge is 0.408 e. The van der Waals surface area contributed by atoms with Crippen LogP contribution in [-0.4, -0.2) is 41.0 Å². The highest BCUT2D eigenvalue weighted by Crippen LogP contribution is 2.16. The third-order valence-electron chi connectivity index (χ3n) is 3.10. The van der Waals surface area contributed by atoms with Gasteiger partial charge in [-0.05, 0) is 59.2 Å². The van der Waals surface area contributed by atoms with Crippen molar-refractivity contribution in [2.45, 2.75) is 58.8 Å². The van der Waals surface area contributed by atoms with Gasteiger partial charge in [0.1, 0.15) is 11.2 Å². The number of carbonyl (C=O) groups is 3. The molecule has 3 N–H and O–H groups in total. The second-order valence-corrected chi connectivity index (χ2v) is 8.01. The monoisotopic (exact) mass is 380 g/mol. The van der Waals surface area contributed by atoms with Gasteiger partial charge in [0.15, 0.2) is 0 Å². The van der Waals surface area contributed by atoms with E-state index in [1.165, 1.54) is 12.1 Å². The van der Waals surface area contributed by atoms with Gasteiger partial charge >= 0.3 is 18.2 Å². The van der Waals surface area contributed by atoms with Gasteiger partial charge in [-0.2, -0.15) is 0 Å². The largest absolute Gasteiger partial charge is 0.478 e. The summed E-state index contributed by atoms with van der Waals surface area (Å²) < 4.78 is 10.4. The molecule has 1 aromatic rings. The van der Waals surface area contributed by atoms with Crippen LogP contribution in [0.2, 0.25) is 0 Å². The van der Waals surface area contributed by atoms with Crippen molar-refractivity contribution < 1.29 is 29.0 Å². The first-order valence-corrected chi connectivity index (χ1v) is 8.56. The molecule has 0 aliphatic rings. The fraction of sp³-hybridized carbons (Fsp3) is 0.526. The van der Waals surface area contributed by atoms with Crippen LogP contribution < -0.4 is 10.6 Å². The standard InChI is InChI=1S/C19H28N2O6/c1-18(2,3)26-16(24)20-11-14(21-17(25)27-19(4,5)6)12-7-9-13(10-8-12)15(22)23/h7-10,14H,11H2,1-6H3,(H,20,24)(H,21,25)(H,22,23). The SMILES string of the molecule is CC(C)(C)OC(=O)NCC(NC(=O)OC(C)(C)C)c1ccc(C(=O)O)cc1. The van der Waals surface area contributed by atoms with E-state index in [0.29, 0.717) is 5.56 Å². The van der Waals surface area contributed by atoms with Crippen LogP contribution in [0.15, 0.2) is 24.3 Å². The number of carboxylic acid groups (broad SMARTS) is 1. The van der Waals surface area contributed by atoms with E-state index in [4.69, 9.17) is 14.6 Å². The number of rotatable bonds is 5. The number of aromatic carboxylic acids is 1. The lowest BCUT2D eigenvalue weighted by molar-refractivity contribution is 0.0463. The van der Waals surface area contributed by atoms with Gasteiger partial charge < -0.3 is 25.2 Å². The van der Waals surface area contributed by atoms with E-state index in [1.54, 1.807) is 53.7 Å². The summed E-state index contributed by atoms with van der Waals surface area (Å²) >= 11 is 0. The van der Waals surface area contributed by atoms with Crippen LogP contribution in [0.1, 0.15) is 63.5 Å². The van der Waals surface area contributed by atoms with Crippen molar-refractivity contribution in [3.05, 3.63) is 35.4 Å². The van der Waals surface area contributed by atoms with Gasteiger partial charge in [0, 0.05) is 6.54 Å². The molecule has 0 fully saturated rings. The Labute approximate surface area is 159 Å². The molecule has 1 aromatic carbocycles. The van der Waals surface area contributed by atoms with Gasteiger partial charge in [0.05, 0.1) is 11.6 Å². The number of carbonyl (C=O) groups excluding carboxylic acids is 2. The second-order valence-electron chi connectivity index (χ2n) is 8.01. The number of ether oxygens (including phenoxy) is 2. The van der Waals surface area contributed by atoms with Crippen molar-refractivity contribution in [3.8, 4) is 0 Å². The summed E-state index contributed by atoms with van der Waals surface area (Å²) in [6, 6.07) is 5.36. The Kier molecular flexibility index (Phi) is 7.21. The number of carboxylic acids is 1. The summed E-state index contributed by atoms with van der Waals surface area (Å²) in [6.45, 7) is 10.5. The Balaban J connectivity index is 2.90. The molecule has 0 saturated carbocycles. The van der Waals surface area contributed by atoms with Crippen molar-refractivity contribution in [3.63, 3.8) is 0 Å². The lowest BCUT2D eigenvalue weighted by Gasteiger charge is -2.25. The Hall–Kier alpha value is -2.77. The van der Waals surface area contributed by atoms with Crippen LogP contribution in [0.5, 0.6) is 0 Å². The van der Waals surface area contributed by atoms with Crippen LogP contribution in [0.4, 0.5) is 9.59 Å². The summed E-state index contributed by atoms with van der Waals surface area (Å²) in [6.07, 6.45) is -1.28. The highest BCUT2D eigenvalue weighted by atomic mass is 16.6. The molecule has 8 nitrogen and oxygen atoms in total. The molecule has 0 aromatic heterocycles. The number of nitrogens with one attached hydrogen (secondary N) is 2. The molecule has 0 aliphatic heterocycles. The molecule has 1 rings (SSSR count). The average molecular weight is 380 g/mol. The number of benzene rings is 1. The van der Waals surface area contributed by atoms with E-state index in [-0.39, 0.29) is 12.1 Å². The summed E-state index contributed by atoms with van der Waals surface area (Å²) in [7, 11) is 0. The molecule has 0 heterocycles. The van der Waals surface area contributed by atoms with E-state index >= 15 is 0 Å². The van der Waals surface area contributed by atoms with E-state index in [1.807, 2.05) is 0 Å². The summed E-state index contributed by atoms with van der Waals surface area (Å²) in [5.74, 6) is -1.05. The molecule has 0 radical (unpaired) electrons. The van der Waals surface area contributed by atoms with Gasteiger partial charge in [0.25, 0.3) is 0 Å². The first kappa shape index (κ1) is 22.3. The van der Waals surface area contributed by atoms with Gasteiger partial charge in [-0.15, -0.1) is 0 Å². The molecule has 0 spiro atoms. The first-order chi connectivity index (χ1) is 12.3. The number of hydrogen-bond acceptors (Lipinski definition) is 5. The maximum absolute atomic E-state index is 12.1. The normalized spacial score (nSPS) is 12.7. The fourth-order valence-corrected chi connectivity index (χ4v) is 2.06. The van der Waals surface area contributed by atoms with E-state index in [2.05, 4.69) is 10.6 Å². The predicted molar refractivity (Wildman–Crippen MR) is 99.7 cm³/mol. The van der Waals surface area contributed by atoms with Gasteiger partial charge in [0.2, 0.25) is 0 Å². The zero-order chi connectivity index (χ0) is 20.8. The van der Waals surface area contributed by atoms with Crippen molar-refractivity contribution in [2.24, 2.45) is 0 Å². The third kappa shape index (κ3) is 8.94. The quantitative estimate of drug-likeness (QED) is 0.721. The van der Waals surface area contributed by atoms with Gasteiger partial charge in [-0.3, -0.25) is 0 Å². The third-order valence-corrected chi connectivity index (χ3v) is 3.10. The summed E-state index contributed by atoms with van der Waals surface area (Å²) in [5, 5.41) is 14.3. The van der Waals surface area contributed by atoms with E-state index in [0.717, 1.165) is 0 Å². The van der Waals surface area contributed by atoms with Crippen molar-refractivity contribution in [2.75, 3.05) is 6.54 Å². The fourth-order valence-electron chi connectivity index (χ4n) is 2.06. The molecule has 0 bridgehead atoms. The Morgan fingerprint density at radius 2 is 1.41 bits per heavy atom. The molecule has 0 aliphatic carbocycles. The Morgan fingerprint density at radius 1 is 0.926 bits per heavy atom. The summed E-state index contributed by atoms with van der Waals surface area (Å²) in [5.41, 5.74) is -0.599. The highest BCUT2D eigenvalue weighted by molar-refractivity contribution is 5.87. The van der Waals surface area contributed by atoms with Crippen LogP contribution in [0, 0.1) is 0 Å². The second kappa shape index (κ2) is 8.75. The molecule has 150 valence electrons. The number of hydrogen-bond donors (Lipinski definition) is 3. The Morgan fingerprint density at radius 3 is 1.85 bits per heavy atom. The highest BCUT2D eigenvalue weighted by Gasteiger charge is 2.23. The minimum Gasteiger partial charge on any atom is -0.478 e. The van der Waals surface area contributed by atoms with Crippen LogP contribution in [0.25, 0.3) is 0 Å². The predicted octanol–water partition coefficient (Wildman–Crippen LogP) is 3.48. The molecule has 0 saturated heterocycles. The lowest BCUT2D eigenvalue weighted by atomic mass is 10.0. The minimum absolute atomic E-state index is 0.0422. The van der Waals surface area contributed by atoms with E-state index in [9.17, 15) is 14.4 Å². The first-order valence-electron chi connectivity index (χ1n) is 8.56. The van der Waals surface area contributed by atoms with Crippen molar-refractivity contribution in [1.82, 2.24) is 10.6 Å². The molecule has 8 heteroatoms. The average Bonchev–Trinajstić information content (AvgIpc) is 2.48. The van der Waals surface area contributed by atoms with E-state index < -0.39 is 35.4 Å². The number of amides is 2. The molecule has 27 heavy (non-hydrogen) atoms. The molecule has 2 amide bonds. The zero-order valence-electron chi connectivity index (χ0n) is 16.6. The zero-order valence-corrected chi connectivity index (χ0v) is 16.6. The maximum Gasteiger partial charge on any atom is 0.408 e. The lowest BCUT2D eigenvalue weighted by Crippen LogP contribution is -2.41. The molecular weight excluding hydrogens is 352 g/mol. The topological polar surface area (TPSA) is 114 Å². The molecule has 1 unspecified atom stereocenters. The van der Waals surface area contributed by atoms with Crippen molar-refractivity contribution >= 4 is 18.2 Å². The van der Waals surface area contributed by atoms with Gasteiger partial charge in [-0.25, -0.2) is 14.4 Å². The summed E-state index contributed by atoms with van der Waals surface area (Å²) in [4.78, 5) is 35.0. The van der Waals surface area contributed by atoms with Crippen LogP contribution >= 0.6 is 0 Å². The maximum atomic E-state index is 12.1. The molecular formula is C19H28N2O6. The minimum atomic E-state index is -1.05. The van der Waals surface area contributed by atoms with Crippen LogP contribution in [-0.2, 0) is 9.47 Å².